The summed E-state index contributed by atoms with van der Waals surface area (Å²) in [5.74, 6) is 0.0905. The summed E-state index contributed by atoms with van der Waals surface area (Å²) >= 11 is 0. The molecule has 4 heteroatoms. The molecular formula is C8H7NO3. The molecular weight excluding hydrogens is 158 g/mol. The molecule has 0 aromatic carbocycles. The molecule has 0 spiro atoms. The van der Waals surface area contributed by atoms with Crippen LogP contribution in [0.2, 0.25) is 0 Å². The van der Waals surface area contributed by atoms with Gasteiger partial charge < -0.3 is 14.0 Å². The minimum atomic E-state index is -0.522. The molecule has 0 bridgehead atoms. The van der Waals surface area contributed by atoms with Crippen LogP contribution in [0.1, 0.15) is 16.3 Å². The quantitative estimate of drug-likeness (QED) is 0.492. The van der Waals surface area contributed by atoms with Crippen LogP contribution < -0.4 is 0 Å². The van der Waals surface area contributed by atoms with E-state index in [9.17, 15) is 4.79 Å². The van der Waals surface area contributed by atoms with Crippen LogP contribution in [0.3, 0.4) is 0 Å². The highest BCUT2D eigenvalue weighted by Crippen LogP contribution is 2.09. The Morgan fingerprint density at radius 2 is 2.50 bits per heavy atom. The molecule has 0 aliphatic rings. The number of nitrogens with zero attached hydrogens (tertiary/aromatic N) is 1. The number of methoxy groups -OCH3 is 1. The maximum atomic E-state index is 10.8. The first-order valence-electron chi connectivity index (χ1n) is 3.28. The highest BCUT2D eigenvalue weighted by molar-refractivity contribution is 5.86. The van der Waals surface area contributed by atoms with Crippen molar-refractivity contribution in [2.75, 3.05) is 7.11 Å². The van der Waals surface area contributed by atoms with Crippen LogP contribution in [0.5, 0.6) is 0 Å². The molecule has 0 amide bonds. The second kappa shape index (κ2) is 3.58. The summed E-state index contributed by atoms with van der Waals surface area (Å²) in [5.41, 5.74) is 0. The van der Waals surface area contributed by atoms with E-state index in [1.165, 1.54) is 13.2 Å². The number of rotatable bonds is 2. The lowest BCUT2D eigenvalue weighted by Gasteiger charge is -1.91. The maximum Gasteiger partial charge on any atom is 0.373 e. The molecule has 0 N–H and O–H groups in total. The number of carbonyl (C=O) groups is 1. The Balaban J connectivity index is 2.78. The largest absolute Gasteiger partial charge is 0.463 e. The van der Waals surface area contributed by atoms with Gasteiger partial charge in [0.25, 0.3) is 6.54 Å². The minimum Gasteiger partial charge on any atom is -0.463 e. The fraction of sp³-hybridized carbons (Fsp3) is 0.250. The van der Waals surface area contributed by atoms with Crippen molar-refractivity contribution in [3.8, 4) is 0 Å². The Morgan fingerprint density at radius 3 is 3.08 bits per heavy atom. The van der Waals surface area contributed by atoms with Crippen LogP contribution in [0.15, 0.2) is 16.5 Å². The molecule has 0 saturated heterocycles. The summed E-state index contributed by atoms with van der Waals surface area (Å²) < 4.78 is 9.41. The van der Waals surface area contributed by atoms with E-state index in [4.69, 9.17) is 11.0 Å². The van der Waals surface area contributed by atoms with Gasteiger partial charge in [0, 0.05) is 0 Å². The van der Waals surface area contributed by atoms with Gasteiger partial charge in [0.1, 0.15) is 0 Å². The van der Waals surface area contributed by atoms with E-state index in [0.29, 0.717) is 5.76 Å². The van der Waals surface area contributed by atoms with Crippen LogP contribution in [-0.4, -0.2) is 13.1 Å². The molecule has 4 nitrogen and oxygen atoms in total. The van der Waals surface area contributed by atoms with Gasteiger partial charge >= 0.3 is 5.97 Å². The number of ether oxygens (including phenoxy) is 1. The zero-order valence-electron chi connectivity index (χ0n) is 6.53. The van der Waals surface area contributed by atoms with Gasteiger partial charge in [-0.15, -0.1) is 0 Å². The van der Waals surface area contributed by atoms with E-state index in [1.54, 1.807) is 6.07 Å². The fourth-order valence-electron chi connectivity index (χ4n) is 0.751. The Hall–Kier alpha value is -1.76. The summed E-state index contributed by atoms with van der Waals surface area (Å²) in [7, 11) is 1.28. The van der Waals surface area contributed by atoms with Crippen molar-refractivity contribution in [2.24, 2.45) is 0 Å². The fourth-order valence-corrected chi connectivity index (χ4v) is 0.751. The first-order valence-corrected chi connectivity index (χ1v) is 3.28. The normalized spacial score (nSPS) is 9.00. The van der Waals surface area contributed by atoms with Gasteiger partial charge in [-0.25, -0.2) is 11.4 Å². The van der Waals surface area contributed by atoms with E-state index < -0.39 is 5.97 Å². The summed E-state index contributed by atoms with van der Waals surface area (Å²) in [5, 5.41) is 0. The average Bonchev–Trinajstić information content (AvgIpc) is 2.52. The standard InChI is InChI=1S/C8H7NO3/c1-9-5-6-3-4-7(12-6)8(10)11-2/h3-4H,5H2,2H3. The summed E-state index contributed by atoms with van der Waals surface area (Å²) in [6.07, 6.45) is 0. The number of hydrogen-bond donors (Lipinski definition) is 0. The number of hydrogen-bond acceptors (Lipinski definition) is 3. The molecule has 0 aliphatic heterocycles. The van der Waals surface area contributed by atoms with Gasteiger partial charge in [-0.1, -0.05) is 0 Å². The summed E-state index contributed by atoms with van der Waals surface area (Å²) in [6.45, 7) is 6.70. The molecule has 0 radical (unpaired) electrons. The lowest BCUT2D eigenvalue weighted by atomic mass is 10.4. The van der Waals surface area contributed by atoms with Crippen molar-refractivity contribution in [2.45, 2.75) is 6.54 Å². The van der Waals surface area contributed by atoms with Gasteiger partial charge in [0.2, 0.25) is 5.76 Å². The van der Waals surface area contributed by atoms with Crippen LogP contribution in [0.4, 0.5) is 0 Å². The first kappa shape index (κ1) is 8.34. The van der Waals surface area contributed by atoms with E-state index in [2.05, 4.69) is 9.58 Å². The van der Waals surface area contributed by atoms with Crippen LogP contribution in [0, 0.1) is 6.57 Å². The van der Waals surface area contributed by atoms with Gasteiger partial charge in [0.15, 0.2) is 5.76 Å². The Morgan fingerprint density at radius 1 is 1.75 bits per heavy atom. The minimum absolute atomic E-state index is 0.135. The molecule has 0 fully saturated rings. The SMILES string of the molecule is [C-]#[N+]Cc1ccc(C(=O)OC)o1. The van der Waals surface area contributed by atoms with E-state index in [1.807, 2.05) is 0 Å². The number of furan rings is 1. The lowest BCUT2D eigenvalue weighted by Crippen LogP contribution is -1.98. The number of esters is 1. The molecule has 1 aromatic rings. The summed E-state index contributed by atoms with van der Waals surface area (Å²) in [4.78, 5) is 13.9. The van der Waals surface area contributed by atoms with Crippen LogP contribution in [-0.2, 0) is 11.3 Å². The van der Waals surface area contributed by atoms with Crippen LogP contribution in [0.25, 0.3) is 4.85 Å². The Labute approximate surface area is 69.6 Å². The van der Waals surface area contributed by atoms with E-state index in [-0.39, 0.29) is 12.3 Å². The zero-order chi connectivity index (χ0) is 8.97. The van der Waals surface area contributed by atoms with Crippen molar-refractivity contribution >= 4 is 5.97 Å². The molecule has 0 atom stereocenters. The number of carbonyl (C=O) groups excluding carboxylic acids is 1. The van der Waals surface area contributed by atoms with Crippen molar-refractivity contribution in [3.63, 3.8) is 0 Å². The smallest absolute Gasteiger partial charge is 0.373 e. The predicted octanol–water partition coefficient (Wildman–Crippen LogP) is 1.49. The molecule has 0 unspecified atom stereocenters. The molecule has 1 heterocycles. The molecule has 0 saturated carbocycles. The van der Waals surface area contributed by atoms with Crippen molar-refractivity contribution in [1.29, 1.82) is 0 Å². The van der Waals surface area contributed by atoms with Gasteiger partial charge in [-0.3, -0.25) is 0 Å². The Bertz CT molecular complexity index is 321. The van der Waals surface area contributed by atoms with Crippen LogP contribution >= 0.6 is 0 Å². The monoisotopic (exact) mass is 165 g/mol. The van der Waals surface area contributed by atoms with Gasteiger partial charge in [0.05, 0.1) is 7.11 Å². The maximum absolute atomic E-state index is 10.8. The Kier molecular flexibility index (Phi) is 2.49. The lowest BCUT2D eigenvalue weighted by molar-refractivity contribution is 0.0563. The highest BCUT2D eigenvalue weighted by Gasteiger charge is 2.11. The van der Waals surface area contributed by atoms with Gasteiger partial charge in [-0.2, -0.15) is 0 Å². The van der Waals surface area contributed by atoms with Crippen molar-refractivity contribution in [1.82, 2.24) is 0 Å². The second-order valence-electron chi connectivity index (χ2n) is 2.07. The third-order valence-electron chi connectivity index (χ3n) is 1.28. The zero-order valence-corrected chi connectivity index (χ0v) is 6.53. The molecule has 1 aromatic heterocycles. The topological polar surface area (TPSA) is 43.8 Å². The molecule has 1 rings (SSSR count). The predicted molar refractivity (Wildman–Crippen MR) is 40.4 cm³/mol. The highest BCUT2D eigenvalue weighted by atomic mass is 16.5. The molecule has 12 heavy (non-hydrogen) atoms. The second-order valence-corrected chi connectivity index (χ2v) is 2.07. The summed E-state index contributed by atoms with van der Waals surface area (Å²) in [6, 6.07) is 3.08. The van der Waals surface area contributed by atoms with E-state index in [0.717, 1.165) is 0 Å². The average molecular weight is 165 g/mol. The van der Waals surface area contributed by atoms with Crippen molar-refractivity contribution < 1.29 is 13.9 Å². The van der Waals surface area contributed by atoms with E-state index >= 15 is 0 Å². The van der Waals surface area contributed by atoms with Gasteiger partial charge in [-0.05, 0) is 12.1 Å². The molecule has 0 aliphatic carbocycles. The third-order valence-corrected chi connectivity index (χ3v) is 1.28. The van der Waals surface area contributed by atoms with Crippen molar-refractivity contribution in [3.05, 3.63) is 35.1 Å². The molecule has 62 valence electrons. The third kappa shape index (κ3) is 1.64. The first-order chi connectivity index (χ1) is 5.77.